The van der Waals surface area contributed by atoms with Gasteiger partial charge in [0.2, 0.25) is 17.8 Å². The Hall–Kier alpha value is -3.41. The molecule has 1 fully saturated rings. The van der Waals surface area contributed by atoms with Gasteiger partial charge in [-0.15, -0.1) is 0 Å². The molecule has 3 aromatic rings. The van der Waals surface area contributed by atoms with Crippen LogP contribution in [0.4, 0.5) is 14.5 Å². The number of nitrogens with zero attached hydrogens (tertiary/aromatic N) is 2. The third-order valence-electron chi connectivity index (χ3n) is 6.21. The van der Waals surface area contributed by atoms with Crippen LogP contribution in [0, 0.1) is 11.9 Å². The van der Waals surface area contributed by atoms with Crippen LogP contribution < -0.4 is 4.90 Å². The molecule has 0 N–H and O–H groups in total. The average molecular weight is 449 g/mol. The summed E-state index contributed by atoms with van der Waals surface area (Å²) in [7, 11) is 0. The van der Waals surface area contributed by atoms with Gasteiger partial charge in [-0.25, -0.2) is 0 Å². The Morgan fingerprint density at radius 1 is 0.939 bits per heavy atom. The van der Waals surface area contributed by atoms with E-state index in [-0.39, 0.29) is 30.1 Å². The summed E-state index contributed by atoms with van der Waals surface area (Å²) in [4.78, 5) is 30.0. The minimum Gasteiger partial charge on any atom is -0.309 e. The minimum absolute atomic E-state index is 0.112. The maximum atomic E-state index is 13.7. The number of hydrogen-bond donors (Lipinski definition) is 0. The quantitative estimate of drug-likeness (QED) is 0.307. The van der Waals surface area contributed by atoms with E-state index in [1.807, 2.05) is 48.2 Å². The zero-order chi connectivity index (χ0) is 23.4. The van der Waals surface area contributed by atoms with Crippen molar-refractivity contribution in [3.05, 3.63) is 83.7 Å². The van der Waals surface area contributed by atoms with Gasteiger partial charge in [-0.2, -0.15) is 13.8 Å². The number of aromatic nitrogens is 1. The van der Waals surface area contributed by atoms with Crippen LogP contribution in [0.1, 0.15) is 54.9 Å². The third-order valence-corrected chi connectivity index (χ3v) is 6.21. The lowest BCUT2D eigenvalue weighted by molar-refractivity contribution is -0.119. The number of aryl methyl sites for hydroxylation is 1. The first-order chi connectivity index (χ1) is 16.0. The molecular formula is C27H26F2N2O2. The first-order valence-electron chi connectivity index (χ1n) is 11.3. The number of pyridine rings is 1. The molecule has 0 saturated heterocycles. The highest BCUT2D eigenvalue weighted by Crippen LogP contribution is 2.32. The number of Topliss-reactive ketones (excluding diaryl/α,β-unsaturated/α-hetero) is 1. The van der Waals surface area contributed by atoms with Crippen LogP contribution in [0.2, 0.25) is 0 Å². The number of carbonyl (C=O) groups is 2. The van der Waals surface area contributed by atoms with Crippen molar-refractivity contribution in [2.45, 2.75) is 51.5 Å². The Labute approximate surface area is 192 Å². The van der Waals surface area contributed by atoms with Gasteiger partial charge >= 0.3 is 0 Å². The van der Waals surface area contributed by atoms with Crippen LogP contribution in [0.25, 0.3) is 11.1 Å². The second-order valence-corrected chi connectivity index (χ2v) is 8.33. The van der Waals surface area contributed by atoms with Gasteiger partial charge in [-0.1, -0.05) is 43.3 Å². The van der Waals surface area contributed by atoms with Crippen LogP contribution in [0.3, 0.4) is 0 Å². The third kappa shape index (κ3) is 5.16. The van der Waals surface area contributed by atoms with Crippen molar-refractivity contribution in [2.24, 2.45) is 0 Å². The molecule has 0 unspecified atom stereocenters. The molecule has 1 aliphatic carbocycles. The van der Waals surface area contributed by atoms with Crippen LogP contribution in [0.15, 0.2) is 60.7 Å². The molecule has 1 heterocycles. The van der Waals surface area contributed by atoms with Crippen molar-refractivity contribution in [2.75, 3.05) is 4.90 Å². The van der Waals surface area contributed by atoms with Crippen LogP contribution in [0.5, 0.6) is 0 Å². The number of ketones is 1. The molecule has 1 amide bonds. The largest absolute Gasteiger partial charge is 0.309 e. The number of carbonyl (C=O) groups excluding carboxylic acids is 2. The Balaban J connectivity index is 1.42. The molecule has 33 heavy (non-hydrogen) atoms. The topological polar surface area (TPSA) is 50.3 Å². The van der Waals surface area contributed by atoms with E-state index in [1.54, 1.807) is 12.1 Å². The Kier molecular flexibility index (Phi) is 6.92. The predicted octanol–water partition coefficient (Wildman–Crippen LogP) is 6.14. The van der Waals surface area contributed by atoms with Gasteiger partial charge < -0.3 is 4.90 Å². The molecule has 0 spiro atoms. The number of rotatable bonds is 8. The number of amides is 1. The molecule has 1 aromatic heterocycles. The number of anilines is 1. The van der Waals surface area contributed by atoms with Gasteiger partial charge in [0.15, 0.2) is 5.78 Å². The molecule has 170 valence electrons. The maximum Gasteiger partial charge on any atom is 0.226 e. The molecule has 6 heteroatoms. The molecule has 1 saturated carbocycles. The van der Waals surface area contributed by atoms with Crippen molar-refractivity contribution >= 4 is 17.4 Å². The van der Waals surface area contributed by atoms with Crippen LogP contribution in [-0.2, 0) is 11.2 Å². The van der Waals surface area contributed by atoms with E-state index >= 15 is 0 Å². The Morgan fingerprint density at radius 3 is 2.12 bits per heavy atom. The van der Waals surface area contributed by atoms with Crippen molar-refractivity contribution in [1.29, 1.82) is 0 Å². The summed E-state index contributed by atoms with van der Waals surface area (Å²) >= 11 is 0. The van der Waals surface area contributed by atoms with E-state index in [2.05, 4.69) is 4.98 Å². The van der Waals surface area contributed by atoms with E-state index in [4.69, 9.17) is 0 Å². The lowest BCUT2D eigenvalue weighted by Crippen LogP contribution is -2.44. The first kappa shape index (κ1) is 22.8. The fraction of sp³-hybridized carbons (Fsp3) is 0.296. The molecule has 0 aliphatic heterocycles. The number of benzene rings is 2. The molecule has 4 rings (SSSR count). The number of halogens is 2. The highest BCUT2D eigenvalue weighted by molar-refractivity contribution is 5.97. The smallest absolute Gasteiger partial charge is 0.226 e. The standard InChI is InChI=1S/C27H26F2N2O2/c1-2-26(33)31(22-4-3-5-22)23-14-10-19(11-15-23)18-6-8-20(9-7-18)24(32)16-12-21-13-17-25(28)30-27(21)29/h6-11,13-15,17,22H,2-5,12,16H2,1H3. The summed E-state index contributed by atoms with van der Waals surface area (Å²) in [6.07, 6.45) is 4.02. The van der Waals surface area contributed by atoms with Crippen LogP contribution in [-0.4, -0.2) is 22.7 Å². The van der Waals surface area contributed by atoms with Gasteiger partial charge in [-0.3, -0.25) is 9.59 Å². The van der Waals surface area contributed by atoms with Gasteiger partial charge in [0.05, 0.1) is 0 Å². The summed E-state index contributed by atoms with van der Waals surface area (Å²) in [5, 5.41) is 0. The van der Waals surface area contributed by atoms with Crippen LogP contribution >= 0.6 is 0 Å². The molecule has 1 aliphatic rings. The fourth-order valence-electron chi connectivity index (χ4n) is 4.06. The second kappa shape index (κ2) is 10.0. The first-order valence-corrected chi connectivity index (χ1v) is 11.3. The lowest BCUT2D eigenvalue weighted by Gasteiger charge is -2.37. The van der Waals surface area contributed by atoms with E-state index in [9.17, 15) is 18.4 Å². The van der Waals surface area contributed by atoms with Crippen molar-refractivity contribution in [3.8, 4) is 11.1 Å². The summed E-state index contributed by atoms with van der Waals surface area (Å²) in [6.45, 7) is 1.89. The maximum absolute atomic E-state index is 13.7. The molecule has 0 bridgehead atoms. The van der Waals surface area contributed by atoms with E-state index in [1.165, 1.54) is 6.07 Å². The number of hydrogen-bond acceptors (Lipinski definition) is 3. The monoisotopic (exact) mass is 448 g/mol. The Morgan fingerprint density at radius 2 is 1.58 bits per heavy atom. The second-order valence-electron chi connectivity index (χ2n) is 8.33. The molecule has 0 radical (unpaired) electrons. The van der Waals surface area contributed by atoms with Gasteiger partial charge in [0.1, 0.15) is 0 Å². The SMILES string of the molecule is CCC(=O)N(c1ccc(-c2ccc(C(=O)CCc3ccc(F)nc3F)cc2)cc1)C1CCC1. The van der Waals surface area contributed by atoms with Gasteiger partial charge in [0, 0.05) is 35.7 Å². The molecule has 0 atom stereocenters. The van der Waals surface area contributed by atoms with Gasteiger partial charge in [0.25, 0.3) is 0 Å². The van der Waals surface area contributed by atoms with Crippen molar-refractivity contribution < 1.29 is 18.4 Å². The van der Waals surface area contributed by atoms with Gasteiger partial charge in [-0.05, 0) is 61.1 Å². The average Bonchev–Trinajstić information content (AvgIpc) is 2.80. The van der Waals surface area contributed by atoms with Crippen molar-refractivity contribution in [3.63, 3.8) is 0 Å². The van der Waals surface area contributed by atoms with E-state index < -0.39 is 11.9 Å². The lowest BCUT2D eigenvalue weighted by atomic mass is 9.90. The van der Waals surface area contributed by atoms with E-state index in [0.717, 1.165) is 42.1 Å². The summed E-state index contributed by atoms with van der Waals surface area (Å²) < 4.78 is 26.6. The van der Waals surface area contributed by atoms with E-state index in [0.29, 0.717) is 18.0 Å². The highest BCUT2D eigenvalue weighted by atomic mass is 19.1. The van der Waals surface area contributed by atoms with Crippen molar-refractivity contribution in [1.82, 2.24) is 4.98 Å². The summed E-state index contributed by atoms with van der Waals surface area (Å²) in [5.74, 6) is -1.72. The zero-order valence-corrected chi connectivity index (χ0v) is 18.6. The molecule has 2 aromatic carbocycles. The molecular weight excluding hydrogens is 422 g/mol. The predicted molar refractivity (Wildman–Crippen MR) is 124 cm³/mol. The Bertz CT molecular complexity index is 1140. The highest BCUT2D eigenvalue weighted by Gasteiger charge is 2.29. The summed E-state index contributed by atoms with van der Waals surface area (Å²) in [5.41, 5.74) is 3.64. The fourth-order valence-corrected chi connectivity index (χ4v) is 4.06. The zero-order valence-electron chi connectivity index (χ0n) is 18.6. The molecule has 4 nitrogen and oxygen atoms in total. The normalized spacial score (nSPS) is 13.4. The summed E-state index contributed by atoms with van der Waals surface area (Å²) in [6, 6.07) is 17.9. The minimum atomic E-state index is -0.877.